The molecule has 2 atom stereocenters. The van der Waals surface area contributed by atoms with Crippen molar-refractivity contribution in [2.24, 2.45) is 11.7 Å². The van der Waals surface area contributed by atoms with Crippen LogP contribution in [0.5, 0.6) is 0 Å². The Morgan fingerprint density at radius 2 is 2.38 bits per heavy atom. The molecular formula is C12H14ClFN2. The second-order valence-corrected chi connectivity index (χ2v) is 5.46. The molecule has 2 nitrogen and oxygen atoms in total. The van der Waals surface area contributed by atoms with E-state index >= 15 is 0 Å². The maximum absolute atomic E-state index is 13.2. The summed E-state index contributed by atoms with van der Waals surface area (Å²) >= 11 is 5.64. The standard InChI is InChI=1S/C12H14ClFN2/c13-10-2-1-8(3-11(10)14)5-16-6-9-4-12(9,15)7-16/h1-3,9H,4-7,15H2/t9-,12+/m1/s1. The predicted molar refractivity (Wildman–Crippen MR) is 61.7 cm³/mol. The minimum Gasteiger partial charge on any atom is -0.324 e. The molecule has 86 valence electrons. The van der Waals surface area contributed by atoms with Crippen LogP contribution >= 0.6 is 11.6 Å². The molecule has 2 aliphatic rings. The van der Waals surface area contributed by atoms with Crippen LogP contribution in [-0.2, 0) is 6.54 Å². The van der Waals surface area contributed by atoms with E-state index in [1.54, 1.807) is 6.07 Å². The molecule has 1 aromatic rings. The zero-order chi connectivity index (χ0) is 11.3. The second kappa shape index (κ2) is 3.42. The number of hydrogen-bond donors (Lipinski definition) is 1. The topological polar surface area (TPSA) is 29.3 Å². The normalized spacial score (nSPS) is 32.8. The van der Waals surface area contributed by atoms with Crippen molar-refractivity contribution in [3.63, 3.8) is 0 Å². The third-order valence-corrected chi connectivity index (χ3v) is 3.97. The zero-order valence-electron chi connectivity index (χ0n) is 8.92. The van der Waals surface area contributed by atoms with Gasteiger partial charge in [-0.3, -0.25) is 4.90 Å². The molecule has 1 saturated heterocycles. The molecule has 0 bridgehead atoms. The SMILES string of the molecule is N[C@]12C[C@@H]1CN(Cc1ccc(Cl)c(F)c1)C2. The van der Waals surface area contributed by atoms with Gasteiger partial charge in [-0.05, 0) is 30.0 Å². The minimum atomic E-state index is -0.342. The first-order chi connectivity index (χ1) is 7.57. The first kappa shape index (κ1) is 10.5. The van der Waals surface area contributed by atoms with E-state index in [0.717, 1.165) is 31.6 Å². The molecule has 2 fully saturated rings. The van der Waals surface area contributed by atoms with Crippen LogP contribution < -0.4 is 5.73 Å². The van der Waals surface area contributed by atoms with E-state index < -0.39 is 0 Å². The lowest BCUT2D eigenvalue weighted by molar-refractivity contribution is 0.290. The Balaban J connectivity index is 1.68. The highest BCUT2D eigenvalue weighted by Gasteiger charge is 2.56. The van der Waals surface area contributed by atoms with Crippen LogP contribution in [0.4, 0.5) is 4.39 Å². The fourth-order valence-corrected chi connectivity index (χ4v) is 2.77. The smallest absolute Gasteiger partial charge is 0.142 e. The number of halogens is 2. The lowest BCUT2D eigenvalue weighted by atomic mass is 10.2. The van der Waals surface area contributed by atoms with E-state index in [-0.39, 0.29) is 16.4 Å². The summed E-state index contributed by atoms with van der Waals surface area (Å²) in [4.78, 5) is 2.29. The third kappa shape index (κ3) is 1.73. The Hall–Kier alpha value is -0.640. The number of nitrogens with two attached hydrogens (primary N) is 1. The first-order valence-electron chi connectivity index (χ1n) is 5.52. The van der Waals surface area contributed by atoms with Crippen molar-refractivity contribution < 1.29 is 4.39 Å². The minimum absolute atomic E-state index is 0.0605. The van der Waals surface area contributed by atoms with Gasteiger partial charge >= 0.3 is 0 Å². The second-order valence-electron chi connectivity index (χ2n) is 5.05. The van der Waals surface area contributed by atoms with Crippen LogP contribution in [0.3, 0.4) is 0 Å². The van der Waals surface area contributed by atoms with Crippen molar-refractivity contribution in [1.29, 1.82) is 0 Å². The maximum Gasteiger partial charge on any atom is 0.142 e. The highest BCUT2D eigenvalue weighted by atomic mass is 35.5. The van der Waals surface area contributed by atoms with Gasteiger partial charge in [0.05, 0.1) is 5.02 Å². The summed E-state index contributed by atoms with van der Waals surface area (Å²) in [6.07, 6.45) is 1.15. The zero-order valence-corrected chi connectivity index (χ0v) is 9.67. The molecule has 0 unspecified atom stereocenters. The summed E-state index contributed by atoms with van der Waals surface area (Å²) in [6, 6.07) is 5.00. The highest BCUT2D eigenvalue weighted by Crippen LogP contribution is 2.47. The average molecular weight is 241 g/mol. The molecule has 1 aliphatic carbocycles. The molecule has 1 aliphatic heterocycles. The Morgan fingerprint density at radius 1 is 1.56 bits per heavy atom. The lowest BCUT2D eigenvalue weighted by Crippen LogP contribution is -2.32. The van der Waals surface area contributed by atoms with Crippen LogP contribution in [0.25, 0.3) is 0 Å². The van der Waals surface area contributed by atoms with Crippen molar-refractivity contribution in [2.45, 2.75) is 18.5 Å². The van der Waals surface area contributed by atoms with Gasteiger partial charge in [0, 0.05) is 25.2 Å². The van der Waals surface area contributed by atoms with E-state index in [1.807, 2.05) is 6.07 Å². The quantitative estimate of drug-likeness (QED) is 0.857. The molecule has 0 aromatic heterocycles. The molecule has 3 rings (SSSR count). The largest absolute Gasteiger partial charge is 0.324 e. The van der Waals surface area contributed by atoms with E-state index in [0.29, 0.717) is 5.92 Å². The Morgan fingerprint density at radius 3 is 3.00 bits per heavy atom. The lowest BCUT2D eigenvalue weighted by Gasteiger charge is -2.18. The van der Waals surface area contributed by atoms with E-state index in [9.17, 15) is 4.39 Å². The van der Waals surface area contributed by atoms with E-state index in [2.05, 4.69) is 4.90 Å². The molecule has 16 heavy (non-hydrogen) atoms. The molecule has 0 spiro atoms. The number of fused-ring (bicyclic) bond motifs is 1. The molecule has 1 aromatic carbocycles. The van der Waals surface area contributed by atoms with Crippen LogP contribution in [0, 0.1) is 11.7 Å². The van der Waals surface area contributed by atoms with Gasteiger partial charge in [-0.25, -0.2) is 4.39 Å². The van der Waals surface area contributed by atoms with Gasteiger partial charge in [0.1, 0.15) is 5.82 Å². The molecule has 2 N–H and O–H groups in total. The third-order valence-electron chi connectivity index (χ3n) is 3.67. The predicted octanol–water partition coefficient (Wildman–Crippen LogP) is 2.01. The van der Waals surface area contributed by atoms with Crippen molar-refractivity contribution in [3.8, 4) is 0 Å². The maximum atomic E-state index is 13.2. The highest BCUT2D eigenvalue weighted by molar-refractivity contribution is 6.30. The fraction of sp³-hybridized carbons (Fsp3) is 0.500. The van der Waals surface area contributed by atoms with Crippen molar-refractivity contribution in [2.75, 3.05) is 13.1 Å². The molecule has 1 heterocycles. The van der Waals surface area contributed by atoms with Gasteiger partial charge in [0.25, 0.3) is 0 Å². The van der Waals surface area contributed by atoms with E-state index in [4.69, 9.17) is 17.3 Å². The number of nitrogens with zero attached hydrogens (tertiary/aromatic N) is 1. The summed E-state index contributed by atoms with van der Waals surface area (Å²) in [6.45, 7) is 2.74. The Kier molecular flexibility index (Phi) is 2.25. The summed E-state index contributed by atoms with van der Waals surface area (Å²) in [5.41, 5.74) is 7.14. The summed E-state index contributed by atoms with van der Waals surface area (Å²) in [5, 5.41) is 0.184. The summed E-state index contributed by atoms with van der Waals surface area (Å²) < 4.78 is 13.2. The number of benzene rings is 1. The molecule has 4 heteroatoms. The monoisotopic (exact) mass is 240 g/mol. The van der Waals surface area contributed by atoms with Gasteiger partial charge in [0.15, 0.2) is 0 Å². The van der Waals surface area contributed by atoms with Crippen LogP contribution in [-0.4, -0.2) is 23.5 Å². The first-order valence-corrected chi connectivity index (χ1v) is 5.90. The average Bonchev–Trinajstić information content (AvgIpc) is 2.72. The number of rotatable bonds is 2. The molecule has 0 radical (unpaired) electrons. The van der Waals surface area contributed by atoms with Gasteiger partial charge < -0.3 is 5.73 Å². The van der Waals surface area contributed by atoms with Crippen LogP contribution in [0.1, 0.15) is 12.0 Å². The van der Waals surface area contributed by atoms with Gasteiger partial charge in [-0.2, -0.15) is 0 Å². The van der Waals surface area contributed by atoms with Crippen molar-refractivity contribution in [1.82, 2.24) is 4.90 Å². The van der Waals surface area contributed by atoms with Gasteiger partial charge in [-0.1, -0.05) is 17.7 Å². The number of piperidine rings is 1. The number of likely N-dealkylation sites (tertiary alicyclic amines) is 1. The Bertz CT molecular complexity index is 437. The number of hydrogen-bond acceptors (Lipinski definition) is 2. The van der Waals surface area contributed by atoms with Gasteiger partial charge in [0.2, 0.25) is 0 Å². The van der Waals surface area contributed by atoms with Crippen LogP contribution in [0.15, 0.2) is 18.2 Å². The fourth-order valence-electron chi connectivity index (χ4n) is 2.65. The summed E-state index contributed by atoms with van der Waals surface area (Å²) in [5.74, 6) is 0.315. The molecule has 0 amide bonds. The van der Waals surface area contributed by atoms with Crippen molar-refractivity contribution in [3.05, 3.63) is 34.6 Å². The summed E-state index contributed by atoms with van der Waals surface area (Å²) in [7, 11) is 0. The van der Waals surface area contributed by atoms with E-state index in [1.165, 1.54) is 6.07 Å². The molecule has 1 saturated carbocycles. The van der Waals surface area contributed by atoms with Crippen LogP contribution in [0.2, 0.25) is 5.02 Å². The Labute approximate surface area is 99.2 Å². The van der Waals surface area contributed by atoms with Crippen molar-refractivity contribution >= 4 is 11.6 Å². The van der Waals surface area contributed by atoms with Gasteiger partial charge in [-0.15, -0.1) is 0 Å². The molecular weight excluding hydrogens is 227 g/mol.